The van der Waals surface area contributed by atoms with Gasteiger partial charge in [0.05, 0.1) is 29.6 Å². The highest BCUT2D eigenvalue weighted by Crippen LogP contribution is 2.20. The molecule has 1 atom stereocenters. The maximum absolute atomic E-state index is 12.7. The number of rotatable bonds is 6. The average Bonchev–Trinajstić information content (AvgIpc) is 2.78. The van der Waals surface area contributed by atoms with Crippen LogP contribution >= 0.6 is 11.6 Å². The molecule has 0 bridgehead atoms. The minimum atomic E-state index is -0.489. The van der Waals surface area contributed by atoms with E-state index in [0.29, 0.717) is 10.6 Å². The van der Waals surface area contributed by atoms with Gasteiger partial charge in [0, 0.05) is 5.56 Å². The van der Waals surface area contributed by atoms with Crippen molar-refractivity contribution < 1.29 is 9.59 Å². The fourth-order valence-corrected chi connectivity index (χ4v) is 3.11. The molecule has 0 aliphatic heterocycles. The SMILES string of the molecule is O=C(CC(NC(=O)c1ccccc1Cl)c1ccccc1)NCC#Cc1ccccc1. The molecular formula is C25H21ClN2O2. The van der Waals surface area contributed by atoms with E-state index in [4.69, 9.17) is 11.6 Å². The van der Waals surface area contributed by atoms with Gasteiger partial charge in [0.25, 0.3) is 5.91 Å². The molecule has 3 rings (SSSR count). The molecule has 0 fully saturated rings. The fraction of sp³-hybridized carbons (Fsp3) is 0.120. The van der Waals surface area contributed by atoms with Crippen LogP contribution in [0.3, 0.4) is 0 Å². The molecule has 3 aromatic rings. The number of hydrogen-bond donors (Lipinski definition) is 2. The predicted octanol–water partition coefficient (Wildman–Crippen LogP) is 4.37. The van der Waals surface area contributed by atoms with E-state index in [1.54, 1.807) is 24.3 Å². The topological polar surface area (TPSA) is 58.2 Å². The zero-order valence-corrected chi connectivity index (χ0v) is 17.0. The lowest BCUT2D eigenvalue weighted by atomic mass is 10.0. The standard InChI is InChI=1S/C25H21ClN2O2/c26-22-16-8-7-15-21(22)25(30)28-23(20-13-5-2-6-14-20)18-24(29)27-17-9-12-19-10-3-1-4-11-19/h1-8,10-11,13-16,23H,17-18H2,(H,27,29)(H,28,30). The van der Waals surface area contributed by atoms with Gasteiger partial charge in [-0.1, -0.05) is 84.1 Å². The maximum atomic E-state index is 12.7. The molecule has 0 aliphatic carbocycles. The maximum Gasteiger partial charge on any atom is 0.253 e. The lowest BCUT2D eigenvalue weighted by Gasteiger charge is -2.19. The Labute approximate surface area is 181 Å². The summed E-state index contributed by atoms with van der Waals surface area (Å²) in [6, 6.07) is 25.3. The zero-order valence-electron chi connectivity index (χ0n) is 16.3. The average molecular weight is 417 g/mol. The Morgan fingerprint density at radius 2 is 1.50 bits per heavy atom. The van der Waals surface area contributed by atoms with Crippen molar-refractivity contribution in [2.45, 2.75) is 12.5 Å². The summed E-state index contributed by atoms with van der Waals surface area (Å²) in [4.78, 5) is 25.2. The van der Waals surface area contributed by atoms with Crippen molar-refractivity contribution in [1.82, 2.24) is 10.6 Å². The van der Waals surface area contributed by atoms with Crippen molar-refractivity contribution in [2.24, 2.45) is 0 Å². The van der Waals surface area contributed by atoms with Crippen molar-refractivity contribution in [2.75, 3.05) is 6.54 Å². The van der Waals surface area contributed by atoms with Crippen molar-refractivity contribution in [3.05, 3.63) is 107 Å². The van der Waals surface area contributed by atoms with Crippen molar-refractivity contribution in [3.8, 4) is 11.8 Å². The van der Waals surface area contributed by atoms with E-state index < -0.39 is 6.04 Å². The molecule has 30 heavy (non-hydrogen) atoms. The van der Waals surface area contributed by atoms with E-state index in [1.165, 1.54) is 0 Å². The van der Waals surface area contributed by atoms with Gasteiger partial charge in [0.1, 0.15) is 0 Å². The Morgan fingerprint density at radius 3 is 2.20 bits per heavy atom. The van der Waals surface area contributed by atoms with Gasteiger partial charge in [-0.15, -0.1) is 0 Å². The number of benzene rings is 3. The molecule has 0 heterocycles. The summed E-state index contributed by atoms with van der Waals surface area (Å²) < 4.78 is 0. The van der Waals surface area contributed by atoms with E-state index in [0.717, 1.165) is 11.1 Å². The number of nitrogens with one attached hydrogen (secondary N) is 2. The third kappa shape index (κ3) is 6.23. The predicted molar refractivity (Wildman–Crippen MR) is 119 cm³/mol. The van der Waals surface area contributed by atoms with E-state index in [1.807, 2.05) is 60.7 Å². The lowest BCUT2D eigenvalue weighted by molar-refractivity contribution is -0.121. The zero-order chi connectivity index (χ0) is 21.2. The first-order valence-electron chi connectivity index (χ1n) is 9.54. The summed E-state index contributed by atoms with van der Waals surface area (Å²) in [5.74, 6) is 5.40. The van der Waals surface area contributed by atoms with Crippen LogP contribution in [0.1, 0.15) is 33.9 Å². The molecule has 0 radical (unpaired) electrons. The van der Waals surface area contributed by atoms with Gasteiger partial charge in [0.2, 0.25) is 5.91 Å². The second kappa shape index (κ2) is 10.8. The molecule has 0 spiro atoms. The highest BCUT2D eigenvalue weighted by Gasteiger charge is 2.20. The van der Waals surface area contributed by atoms with Gasteiger partial charge in [-0.3, -0.25) is 9.59 Å². The largest absolute Gasteiger partial charge is 0.345 e. The summed E-state index contributed by atoms with van der Waals surface area (Å²) >= 11 is 6.13. The van der Waals surface area contributed by atoms with Crippen LogP contribution in [0.25, 0.3) is 0 Å². The molecule has 0 saturated carbocycles. The van der Waals surface area contributed by atoms with Gasteiger partial charge < -0.3 is 10.6 Å². The van der Waals surface area contributed by atoms with Gasteiger partial charge in [-0.05, 0) is 29.8 Å². The monoisotopic (exact) mass is 416 g/mol. The van der Waals surface area contributed by atoms with Crippen LogP contribution in [-0.4, -0.2) is 18.4 Å². The highest BCUT2D eigenvalue weighted by atomic mass is 35.5. The molecule has 0 aromatic heterocycles. The summed E-state index contributed by atoms with van der Waals surface area (Å²) in [6.07, 6.45) is 0.0905. The number of carbonyl (C=O) groups excluding carboxylic acids is 2. The van der Waals surface area contributed by atoms with Crippen LogP contribution in [0.4, 0.5) is 0 Å². The molecule has 3 aromatic carbocycles. The molecule has 150 valence electrons. The summed E-state index contributed by atoms with van der Waals surface area (Å²) in [5, 5.41) is 6.07. The van der Waals surface area contributed by atoms with E-state index in [2.05, 4.69) is 22.5 Å². The van der Waals surface area contributed by atoms with Crippen LogP contribution in [0.2, 0.25) is 5.02 Å². The molecule has 5 heteroatoms. The van der Waals surface area contributed by atoms with Crippen LogP contribution < -0.4 is 10.6 Å². The van der Waals surface area contributed by atoms with Gasteiger partial charge in [-0.2, -0.15) is 0 Å². The minimum absolute atomic E-state index is 0.0905. The Hall–Kier alpha value is -3.55. The third-order valence-electron chi connectivity index (χ3n) is 4.40. The first-order valence-corrected chi connectivity index (χ1v) is 9.92. The Bertz CT molecular complexity index is 1060. The van der Waals surface area contributed by atoms with E-state index in [9.17, 15) is 9.59 Å². The Balaban J connectivity index is 1.64. The smallest absolute Gasteiger partial charge is 0.253 e. The number of hydrogen-bond acceptors (Lipinski definition) is 2. The van der Waals surface area contributed by atoms with Gasteiger partial charge >= 0.3 is 0 Å². The summed E-state index contributed by atoms with van der Waals surface area (Å²) in [6.45, 7) is 0.230. The second-order valence-corrected chi connectivity index (χ2v) is 6.97. The van der Waals surface area contributed by atoms with Crippen LogP contribution in [0.5, 0.6) is 0 Å². The molecule has 2 amide bonds. The lowest BCUT2D eigenvalue weighted by Crippen LogP contribution is -2.34. The van der Waals surface area contributed by atoms with Gasteiger partial charge in [0.15, 0.2) is 0 Å². The summed E-state index contributed by atoms with van der Waals surface area (Å²) in [5.41, 5.74) is 2.10. The number of halogens is 1. The molecule has 2 N–H and O–H groups in total. The first-order chi connectivity index (χ1) is 14.6. The Kier molecular flexibility index (Phi) is 7.65. The second-order valence-electron chi connectivity index (χ2n) is 6.57. The third-order valence-corrected chi connectivity index (χ3v) is 4.73. The Morgan fingerprint density at radius 1 is 0.867 bits per heavy atom. The number of carbonyl (C=O) groups is 2. The number of amides is 2. The van der Waals surface area contributed by atoms with Crippen LogP contribution in [-0.2, 0) is 4.79 Å². The highest BCUT2D eigenvalue weighted by molar-refractivity contribution is 6.33. The normalized spacial score (nSPS) is 11.0. The van der Waals surface area contributed by atoms with Crippen molar-refractivity contribution in [3.63, 3.8) is 0 Å². The van der Waals surface area contributed by atoms with Crippen molar-refractivity contribution >= 4 is 23.4 Å². The van der Waals surface area contributed by atoms with Crippen LogP contribution in [0, 0.1) is 11.8 Å². The molecule has 4 nitrogen and oxygen atoms in total. The first kappa shape index (κ1) is 21.2. The van der Waals surface area contributed by atoms with Crippen molar-refractivity contribution in [1.29, 1.82) is 0 Å². The van der Waals surface area contributed by atoms with E-state index in [-0.39, 0.29) is 24.8 Å². The quantitative estimate of drug-likeness (QED) is 0.586. The van der Waals surface area contributed by atoms with E-state index >= 15 is 0 Å². The minimum Gasteiger partial charge on any atom is -0.345 e. The summed E-state index contributed by atoms with van der Waals surface area (Å²) in [7, 11) is 0. The fourth-order valence-electron chi connectivity index (χ4n) is 2.89. The molecule has 0 saturated heterocycles. The molecule has 1 unspecified atom stereocenters. The molecular weight excluding hydrogens is 396 g/mol. The molecule has 0 aliphatic rings. The van der Waals surface area contributed by atoms with Crippen LogP contribution in [0.15, 0.2) is 84.9 Å². The van der Waals surface area contributed by atoms with Gasteiger partial charge in [-0.25, -0.2) is 0 Å².